The van der Waals surface area contributed by atoms with Crippen molar-refractivity contribution in [2.45, 2.75) is 44.6 Å². The zero-order chi connectivity index (χ0) is 19.0. The highest BCUT2D eigenvalue weighted by Crippen LogP contribution is 2.43. The van der Waals surface area contributed by atoms with Crippen LogP contribution in [0.15, 0.2) is 12.1 Å². The summed E-state index contributed by atoms with van der Waals surface area (Å²) in [4.78, 5) is 33.4. The lowest BCUT2D eigenvalue weighted by Gasteiger charge is -2.47. The quantitative estimate of drug-likeness (QED) is 0.808. The second-order valence-electron chi connectivity index (χ2n) is 7.96. The molecule has 4 rings (SSSR count). The number of likely N-dealkylation sites (tertiary alicyclic amines) is 2. The molecule has 2 aliphatic heterocycles. The molecule has 7 nitrogen and oxygen atoms in total. The average molecular weight is 373 g/mol. The first kappa shape index (κ1) is 18.1. The fraction of sp³-hybridized carbons (Fsp3) is 0.650. The fourth-order valence-corrected chi connectivity index (χ4v) is 4.38. The summed E-state index contributed by atoms with van der Waals surface area (Å²) >= 11 is 0. The fourth-order valence-electron chi connectivity index (χ4n) is 4.38. The number of amides is 2. The molecule has 2 saturated heterocycles. The molecule has 2 amide bonds. The number of rotatable bonds is 4. The molecule has 0 radical (unpaired) electrons. The number of hydrogen-bond donors (Lipinski definition) is 0. The number of piperidine rings is 2. The lowest BCUT2D eigenvalue weighted by Crippen LogP contribution is -2.52. The maximum Gasteiger partial charge on any atom is 0.259 e. The summed E-state index contributed by atoms with van der Waals surface area (Å²) in [5.74, 6) is 0.981. The molecule has 146 valence electrons. The third-order valence-corrected chi connectivity index (χ3v) is 6.26. The van der Waals surface area contributed by atoms with Crippen molar-refractivity contribution >= 4 is 11.8 Å². The number of hydrogen-bond acceptors (Lipinski definition) is 5. The minimum absolute atomic E-state index is 0.0530. The molecule has 0 aromatic carbocycles. The second-order valence-corrected chi connectivity index (χ2v) is 7.96. The lowest BCUT2D eigenvalue weighted by molar-refractivity contribution is -0.139. The molecular weight excluding hydrogens is 346 g/mol. The van der Waals surface area contributed by atoms with Crippen LogP contribution in [0.4, 0.5) is 0 Å². The third kappa shape index (κ3) is 3.47. The highest BCUT2D eigenvalue weighted by Gasteiger charge is 2.45. The van der Waals surface area contributed by atoms with Crippen molar-refractivity contribution in [3.8, 4) is 11.8 Å². The molecule has 3 fully saturated rings. The van der Waals surface area contributed by atoms with Crippen molar-refractivity contribution in [2.24, 2.45) is 5.41 Å². The minimum Gasteiger partial charge on any atom is -0.481 e. The molecule has 1 aromatic rings. The van der Waals surface area contributed by atoms with E-state index in [9.17, 15) is 9.59 Å². The second kappa shape index (κ2) is 7.02. The van der Waals surface area contributed by atoms with Gasteiger partial charge < -0.3 is 19.3 Å². The molecule has 1 spiro atoms. The smallest absolute Gasteiger partial charge is 0.259 e. The number of pyridine rings is 1. The van der Waals surface area contributed by atoms with Gasteiger partial charge in [0.15, 0.2) is 0 Å². The van der Waals surface area contributed by atoms with Crippen LogP contribution >= 0.6 is 0 Å². The Hall–Kier alpha value is -2.31. The number of carbonyl (C=O) groups is 2. The molecule has 0 unspecified atom stereocenters. The number of ether oxygens (including phenoxy) is 2. The van der Waals surface area contributed by atoms with E-state index in [0.717, 1.165) is 38.6 Å². The monoisotopic (exact) mass is 373 g/mol. The Morgan fingerprint density at radius 2 is 1.89 bits per heavy atom. The maximum absolute atomic E-state index is 13.0. The first-order valence-corrected chi connectivity index (χ1v) is 9.73. The normalized spacial score (nSPS) is 22.1. The van der Waals surface area contributed by atoms with Crippen LogP contribution in [-0.2, 0) is 4.79 Å². The van der Waals surface area contributed by atoms with Gasteiger partial charge in [0.2, 0.25) is 17.7 Å². The Labute approximate surface area is 159 Å². The van der Waals surface area contributed by atoms with Crippen LogP contribution < -0.4 is 9.47 Å². The van der Waals surface area contributed by atoms with Gasteiger partial charge in [-0.15, -0.1) is 0 Å². The molecular formula is C20H27N3O4. The molecule has 3 aliphatic rings. The predicted octanol–water partition coefficient (Wildman–Crippen LogP) is 2.11. The molecule has 1 aromatic heterocycles. The van der Waals surface area contributed by atoms with Gasteiger partial charge in [-0.25, -0.2) is 0 Å². The van der Waals surface area contributed by atoms with Crippen molar-refractivity contribution in [1.82, 2.24) is 14.8 Å². The van der Waals surface area contributed by atoms with E-state index in [2.05, 4.69) is 9.88 Å². The number of aromatic nitrogens is 1. The lowest BCUT2D eigenvalue weighted by atomic mass is 9.72. The van der Waals surface area contributed by atoms with Crippen molar-refractivity contribution in [3.05, 3.63) is 17.7 Å². The van der Waals surface area contributed by atoms with E-state index < -0.39 is 0 Å². The van der Waals surface area contributed by atoms with Crippen LogP contribution in [0.1, 0.15) is 48.9 Å². The summed E-state index contributed by atoms with van der Waals surface area (Å²) in [7, 11) is 3.04. The highest BCUT2D eigenvalue weighted by molar-refractivity contribution is 5.96. The molecule has 1 saturated carbocycles. The van der Waals surface area contributed by atoms with Crippen LogP contribution in [-0.4, -0.2) is 66.5 Å². The van der Waals surface area contributed by atoms with Crippen molar-refractivity contribution in [3.63, 3.8) is 0 Å². The van der Waals surface area contributed by atoms with Gasteiger partial charge in [-0.2, -0.15) is 4.98 Å². The minimum atomic E-state index is -0.0530. The van der Waals surface area contributed by atoms with E-state index in [0.29, 0.717) is 48.8 Å². The Kier molecular flexibility index (Phi) is 4.70. The van der Waals surface area contributed by atoms with Gasteiger partial charge in [-0.3, -0.25) is 9.59 Å². The summed E-state index contributed by atoms with van der Waals surface area (Å²) in [6.07, 6.45) is 5.79. The number of carbonyl (C=O) groups excluding carboxylic acids is 2. The Bertz CT molecular complexity index is 739. The average Bonchev–Trinajstić information content (AvgIpc) is 3.55. The molecule has 27 heavy (non-hydrogen) atoms. The van der Waals surface area contributed by atoms with Crippen LogP contribution in [0.3, 0.4) is 0 Å². The topological polar surface area (TPSA) is 72.0 Å². The van der Waals surface area contributed by atoms with Gasteiger partial charge >= 0.3 is 0 Å². The molecule has 3 heterocycles. The van der Waals surface area contributed by atoms with Crippen LogP contribution in [0.2, 0.25) is 0 Å². The van der Waals surface area contributed by atoms with E-state index in [1.54, 1.807) is 12.1 Å². The third-order valence-electron chi connectivity index (χ3n) is 6.26. The SMILES string of the molecule is COc1ccc(C(=O)N2CCC3(CCC(=O)N(C4CC4)C3)CC2)c(OC)n1. The van der Waals surface area contributed by atoms with E-state index in [4.69, 9.17) is 9.47 Å². The van der Waals surface area contributed by atoms with Gasteiger partial charge in [-0.05, 0) is 43.6 Å². The van der Waals surface area contributed by atoms with Gasteiger partial charge in [0.05, 0.1) is 14.2 Å². The zero-order valence-electron chi connectivity index (χ0n) is 16.1. The van der Waals surface area contributed by atoms with Gasteiger partial charge in [0.1, 0.15) is 5.56 Å². The number of methoxy groups -OCH3 is 2. The molecule has 0 atom stereocenters. The summed E-state index contributed by atoms with van der Waals surface area (Å²) < 4.78 is 10.4. The van der Waals surface area contributed by atoms with Crippen LogP contribution in [0.5, 0.6) is 11.8 Å². The summed E-state index contributed by atoms with van der Waals surface area (Å²) in [5.41, 5.74) is 0.642. The standard InChI is InChI=1S/C20H27N3O4/c1-26-16-6-5-15(18(21-16)27-2)19(25)22-11-9-20(10-12-22)8-7-17(24)23(13-20)14-3-4-14/h5-6,14H,3-4,7-13H2,1-2H3. The van der Waals surface area contributed by atoms with Crippen LogP contribution in [0.25, 0.3) is 0 Å². The van der Waals surface area contributed by atoms with Gasteiger partial charge in [0.25, 0.3) is 5.91 Å². The molecule has 0 bridgehead atoms. The van der Waals surface area contributed by atoms with E-state index in [1.165, 1.54) is 14.2 Å². The Morgan fingerprint density at radius 1 is 1.15 bits per heavy atom. The van der Waals surface area contributed by atoms with E-state index in [-0.39, 0.29) is 11.3 Å². The van der Waals surface area contributed by atoms with Gasteiger partial charge in [-0.1, -0.05) is 0 Å². The zero-order valence-corrected chi connectivity index (χ0v) is 16.1. The summed E-state index contributed by atoms with van der Waals surface area (Å²) in [6, 6.07) is 3.87. The highest BCUT2D eigenvalue weighted by atomic mass is 16.5. The molecule has 1 aliphatic carbocycles. The summed E-state index contributed by atoms with van der Waals surface area (Å²) in [5, 5.41) is 0. The molecule has 7 heteroatoms. The van der Waals surface area contributed by atoms with Crippen molar-refractivity contribution in [2.75, 3.05) is 33.9 Å². The predicted molar refractivity (Wildman–Crippen MR) is 98.9 cm³/mol. The van der Waals surface area contributed by atoms with Crippen molar-refractivity contribution < 1.29 is 19.1 Å². The largest absolute Gasteiger partial charge is 0.481 e. The maximum atomic E-state index is 13.0. The van der Waals surface area contributed by atoms with Crippen LogP contribution in [0, 0.1) is 5.41 Å². The van der Waals surface area contributed by atoms with Crippen molar-refractivity contribution in [1.29, 1.82) is 0 Å². The first-order valence-electron chi connectivity index (χ1n) is 9.73. The Balaban J connectivity index is 1.43. The number of nitrogens with zero attached hydrogens (tertiary/aromatic N) is 3. The van der Waals surface area contributed by atoms with E-state index in [1.807, 2.05) is 4.90 Å². The molecule has 0 N–H and O–H groups in total. The van der Waals surface area contributed by atoms with E-state index >= 15 is 0 Å². The summed E-state index contributed by atoms with van der Waals surface area (Å²) in [6.45, 7) is 2.29. The van der Waals surface area contributed by atoms with Gasteiger partial charge in [0, 0.05) is 38.2 Å². The first-order chi connectivity index (χ1) is 13.0. The Morgan fingerprint density at radius 3 is 2.52 bits per heavy atom.